The summed E-state index contributed by atoms with van der Waals surface area (Å²) in [6.07, 6.45) is 3.94. The van der Waals surface area contributed by atoms with Gasteiger partial charge in [-0.15, -0.1) is 0 Å². The quantitative estimate of drug-likeness (QED) is 0.502. The Bertz CT molecular complexity index is 124. The normalized spacial score (nSPS) is 14.4. The molecule has 0 fully saturated rings. The fourth-order valence-electron chi connectivity index (χ4n) is 1.20. The van der Waals surface area contributed by atoms with E-state index in [-0.39, 0.29) is 0 Å². The van der Waals surface area contributed by atoms with E-state index in [1.54, 1.807) is 0 Å². The third-order valence-corrected chi connectivity index (χ3v) is 4.64. The van der Waals surface area contributed by atoms with E-state index in [2.05, 4.69) is 32.2 Å². The third kappa shape index (κ3) is 5.45. The fraction of sp³-hybridized carbons (Fsp3) is 1.00. The average molecular weight is 225 g/mol. The standard InChI is InChI=1S/C8H17OPS2/c1-2-3-8(4-6-11)10(9)5-7-12/h8H,2-7H2,1H3,(H-,11,12)/p+1. The molecule has 0 bridgehead atoms. The largest absolute Gasteiger partial charge is 0.342 e. The van der Waals surface area contributed by atoms with Gasteiger partial charge in [-0.3, -0.25) is 0 Å². The highest BCUT2D eigenvalue weighted by atomic mass is 32.1. The summed E-state index contributed by atoms with van der Waals surface area (Å²) in [5.41, 5.74) is 0.384. The van der Waals surface area contributed by atoms with Crippen LogP contribution in [0.15, 0.2) is 0 Å². The van der Waals surface area contributed by atoms with Crippen LogP contribution in [-0.4, -0.2) is 23.3 Å². The van der Waals surface area contributed by atoms with Gasteiger partial charge in [0.05, 0.1) is 0 Å². The molecule has 0 amide bonds. The third-order valence-electron chi connectivity index (χ3n) is 1.81. The predicted octanol–water partition coefficient (Wildman–Crippen LogP) is 3.23. The highest BCUT2D eigenvalue weighted by Crippen LogP contribution is 2.33. The van der Waals surface area contributed by atoms with Gasteiger partial charge in [0, 0.05) is 12.2 Å². The molecule has 4 heteroatoms. The molecule has 0 N–H and O–H groups in total. The molecule has 0 aromatic heterocycles. The van der Waals surface area contributed by atoms with Crippen LogP contribution in [0.25, 0.3) is 0 Å². The maximum Gasteiger partial charge on any atom is 0.342 e. The lowest BCUT2D eigenvalue weighted by Crippen LogP contribution is -2.05. The maximum absolute atomic E-state index is 11.6. The monoisotopic (exact) mass is 225 g/mol. The van der Waals surface area contributed by atoms with Crippen LogP contribution in [0.2, 0.25) is 0 Å². The summed E-state index contributed by atoms with van der Waals surface area (Å²) in [5.74, 6) is 1.58. The maximum atomic E-state index is 11.6. The van der Waals surface area contributed by atoms with Crippen molar-refractivity contribution in [1.82, 2.24) is 0 Å². The molecule has 0 heterocycles. The van der Waals surface area contributed by atoms with Crippen molar-refractivity contribution in [1.29, 1.82) is 0 Å². The van der Waals surface area contributed by atoms with Crippen LogP contribution in [0.4, 0.5) is 0 Å². The molecule has 2 unspecified atom stereocenters. The van der Waals surface area contributed by atoms with Crippen molar-refractivity contribution >= 4 is 33.1 Å². The second kappa shape index (κ2) is 8.40. The second-order valence-corrected chi connectivity index (χ2v) is 5.73. The van der Waals surface area contributed by atoms with Crippen molar-refractivity contribution in [3.63, 3.8) is 0 Å². The first kappa shape index (κ1) is 12.8. The summed E-state index contributed by atoms with van der Waals surface area (Å²) in [5, 5.41) is 0. The Kier molecular flexibility index (Phi) is 8.96. The van der Waals surface area contributed by atoms with Crippen molar-refractivity contribution in [2.24, 2.45) is 0 Å². The van der Waals surface area contributed by atoms with Crippen LogP contribution in [0, 0.1) is 0 Å². The minimum atomic E-state index is -1.03. The van der Waals surface area contributed by atoms with Crippen LogP contribution in [0.3, 0.4) is 0 Å². The van der Waals surface area contributed by atoms with E-state index in [1.165, 1.54) is 0 Å². The van der Waals surface area contributed by atoms with Crippen molar-refractivity contribution in [2.75, 3.05) is 17.7 Å². The first-order valence-electron chi connectivity index (χ1n) is 4.41. The molecule has 0 aromatic rings. The Morgan fingerprint density at radius 2 is 1.92 bits per heavy atom. The zero-order chi connectivity index (χ0) is 9.40. The summed E-state index contributed by atoms with van der Waals surface area (Å²) in [4.78, 5) is 0. The molecule has 12 heavy (non-hydrogen) atoms. The molecular formula is C8H18OPS2+. The molecule has 2 atom stereocenters. The molecule has 0 rings (SSSR count). The van der Waals surface area contributed by atoms with Crippen LogP contribution >= 0.6 is 33.1 Å². The van der Waals surface area contributed by atoms with Gasteiger partial charge in [-0.1, -0.05) is 17.9 Å². The summed E-state index contributed by atoms with van der Waals surface area (Å²) < 4.78 is 11.6. The van der Waals surface area contributed by atoms with Gasteiger partial charge < -0.3 is 0 Å². The Morgan fingerprint density at radius 1 is 1.25 bits per heavy atom. The van der Waals surface area contributed by atoms with Crippen LogP contribution in [-0.2, 0) is 4.57 Å². The Morgan fingerprint density at radius 3 is 2.33 bits per heavy atom. The number of thiol groups is 2. The molecule has 1 nitrogen and oxygen atoms in total. The summed E-state index contributed by atoms with van der Waals surface area (Å²) in [6, 6.07) is 0. The average Bonchev–Trinajstić information content (AvgIpc) is 2.04. The van der Waals surface area contributed by atoms with Gasteiger partial charge in [-0.25, -0.2) is 0 Å². The van der Waals surface area contributed by atoms with Gasteiger partial charge in [0.1, 0.15) is 0 Å². The minimum absolute atomic E-state index is 0.384. The first-order chi connectivity index (χ1) is 5.76. The highest BCUT2D eigenvalue weighted by molar-refractivity contribution is 7.80. The molecule has 0 aliphatic carbocycles. The van der Waals surface area contributed by atoms with E-state index in [0.717, 1.165) is 36.9 Å². The van der Waals surface area contributed by atoms with Crippen LogP contribution < -0.4 is 0 Å². The molecule has 0 aliphatic rings. The van der Waals surface area contributed by atoms with Gasteiger partial charge in [-0.05, 0) is 12.2 Å². The van der Waals surface area contributed by atoms with E-state index < -0.39 is 7.80 Å². The van der Waals surface area contributed by atoms with Gasteiger partial charge in [0.25, 0.3) is 0 Å². The minimum Gasteiger partial charge on any atom is -0.179 e. The first-order valence-corrected chi connectivity index (χ1v) is 7.19. The van der Waals surface area contributed by atoms with Crippen molar-refractivity contribution in [3.05, 3.63) is 0 Å². The lowest BCUT2D eigenvalue weighted by molar-refractivity contribution is 0.569. The van der Waals surface area contributed by atoms with E-state index in [9.17, 15) is 4.57 Å². The second-order valence-electron chi connectivity index (χ2n) is 2.82. The van der Waals surface area contributed by atoms with E-state index >= 15 is 0 Å². The predicted molar refractivity (Wildman–Crippen MR) is 63.5 cm³/mol. The summed E-state index contributed by atoms with van der Waals surface area (Å²) in [7, 11) is -1.03. The smallest absolute Gasteiger partial charge is 0.179 e. The van der Waals surface area contributed by atoms with Crippen molar-refractivity contribution in [2.45, 2.75) is 31.8 Å². The highest BCUT2D eigenvalue weighted by Gasteiger charge is 2.26. The number of hydrogen-bond donors (Lipinski definition) is 2. The topological polar surface area (TPSA) is 17.1 Å². The SMILES string of the molecule is CCCC(CCS)[P+](=O)CCS. The zero-order valence-electron chi connectivity index (χ0n) is 7.57. The van der Waals surface area contributed by atoms with Gasteiger partial charge in [0.2, 0.25) is 0 Å². The zero-order valence-corrected chi connectivity index (χ0v) is 10.3. The molecular weight excluding hydrogens is 207 g/mol. The van der Waals surface area contributed by atoms with E-state index in [0.29, 0.717) is 5.66 Å². The lowest BCUT2D eigenvalue weighted by Gasteiger charge is -2.02. The Balaban J connectivity index is 3.81. The van der Waals surface area contributed by atoms with E-state index in [4.69, 9.17) is 0 Å². The molecule has 0 aromatic carbocycles. The van der Waals surface area contributed by atoms with Crippen LogP contribution in [0.5, 0.6) is 0 Å². The van der Waals surface area contributed by atoms with Crippen molar-refractivity contribution < 1.29 is 4.57 Å². The Labute approximate surface area is 87.3 Å². The fourth-order valence-corrected chi connectivity index (χ4v) is 3.83. The number of rotatable bonds is 7. The van der Waals surface area contributed by atoms with Crippen molar-refractivity contribution in [3.8, 4) is 0 Å². The van der Waals surface area contributed by atoms with E-state index in [1.807, 2.05) is 0 Å². The molecule has 0 saturated heterocycles. The molecule has 0 radical (unpaired) electrons. The van der Waals surface area contributed by atoms with Gasteiger partial charge in [-0.2, -0.15) is 25.3 Å². The Hall–Kier alpha value is 0.800. The number of hydrogen-bond acceptors (Lipinski definition) is 3. The molecule has 72 valence electrons. The van der Waals surface area contributed by atoms with Gasteiger partial charge in [0.15, 0.2) is 11.8 Å². The molecule has 0 aliphatic heterocycles. The molecule has 0 spiro atoms. The van der Waals surface area contributed by atoms with Gasteiger partial charge >= 0.3 is 7.80 Å². The summed E-state index contributed by atoms with van der Waals surface area (Å²) >= 11 is 8.26. The summed E-state index contributed by atoms with van der Waals surface area (Å²) in [6.45, 7) is 2.13. The molecule has 0 saturated carbocycles. The lowest BCUT2D eigenvalue weighted by atomic mass is 10.2. The van der Waals surface area contributed by atoms with Crippen LogP contribution in [0.1, 0.15) is 26.2 Å².